The number of rotatable bonds is 10. The van der Waals surface area contributed by atoms with Crippen LogP contribution in [-0.2, 0) is 17.4 Å². The van der Waals surface area contributed by atoms with Gasteiger partial charge >= 0.3 is 0 Å². The Morgan fingerprint density at radius 2 is 1.41 bits per heavy atom. The molecular weight excluding hydrogens is 469 g/mol. The van der Waals surface area contributed by atoms with Crippen LogP contribution in [0.5, 0.6) is 0 Å². The highest BCUT2D eigenvalue weighted by molar-refractivity contribution is 7.68. The lowest BCUT2D eigenvalue weighted by Crippen LogP contribution is -2.19. The number of aromatic nitrogens is 1. The molecule has 5 aromatic rings. The molecule has 0 aliphatic rings. The van der Waals surface area contributed by atoms with E-state index in [0.717, 1.165) is 25.0 Å². The van der Waals surface area contributed by atoms with Crippen molar-refractivity contribution >= 4 is 29.5 Å². The summed E-state index contributed by atoms with van der Waals surface area (Å²) in [7, 11) is -0.955. The van der Waals surface area contributed by atoms with Gasteiger partial charge < -0.3 is 4.52 Å². The molecular formula is C34H32NOP. The van der Waals surface area contributed by atoms with Crippen molar-refractivity contribution in [2.75, 3.05) is 0 Å². The van der Waals surface area contributed by atoms with Crippen LogP contribution in [0.2, 0.25) is 0 Å². The van der Waals surface area contributed by atoms with Crippen molar-refractivity contribution in [2.45, 2.75) is 32.3 Å². The third-order valence-corrected chi connectivity index (χ3v) is 8.47. The molecule has 1 atom stereocenters. The van der Waals surface area contributed by atoms with E-state index in [4.69, 9.17) is 4.52 Å². The van der Waals surface area contributed by atoms with Crippen LogP contribution in [0.4, 0.5) is 0 Å². The Labute approximate surface area is 221 Å². The Morgan fingerprint density at radius 3 is 2.11 bits per heavy atom. The molecule has 0 bridgehead atoms. The number of hydrogen-bond acceptors (Lipinski definition) is 2. The summed E-state index contributed by atoms with van der Waals surface area (Å²) in [6, 6.07) is 42.6. The molecule has 0 amide bonds. The Kier molecular flexibility index (Phi) is 8.54. The van der Waals surface area contributed by atoms with Crippen molar-refractivity contribution in [3.63, 3.8) is 0 Å². The maximum Gasteiger partial charge on any atom is 0.0926 e. The summed E-state index contributed by atoms with van der Waals surface area (Å²) in [5.41, 5.74) is 3.72. The molecule has 1 heterocycles. The zero-order valence-corrected chi connectivity index (χ0v) is 22.1. The molecule has 4 aromatic carbocycles. The van der Waals surface area contributed by atoms with Gasteiger partial charge in [0.15, 0.2) is 0 Å². The fourth-order valence-electron chi connectivity index (χ4n) is 4.67. The molecule has 0 fully saturated rings. The predicted octanol–water partition coefficient (Wildman–Crippen LogP) is 7.79. The van der Waals surface area contributed by atoms with Gasteiger partial charge in [-0.25, -0.2) is 0 Å². The number of fused-ring (bicyclic) bond motifs is 1. The van der Waals surface area contributed by atoms with Crippen LogP contribution < -0.4 is 10.6 Å². The molecule has 0 aliphatic heterocycles. The molecule has 0 radical (unpaired) electrons. The third-order valence-electron chi connectivity index (χ3n) is 6.46. The van der Waals surface area contributed by atoms with Crippen molar-refractivity contribution in [3.8, 4) is 0 Å². The lowest BCUT2D eigenvalue weighted by molar-refractivity contribution is 0.271. The fraction of sp³-hybridized carbons (Fsp3) is 0.147. The Hall–Kier alpha value is -3.58. The van der Waals surface area contributed by atoms with Crippen molar-refractivity contribution in [1.82, 2.24) is 4.98 Å². The minimum absolute atomic E-state index is 0.0193. The summed E-state index contributed by atoms with van der Waals surface area (Å²) in [5.74, 6) is 0. The van der Waals surface area contributed by atoms with Crippen molar-refractivity contribution in [1.29, 1.82) is 0 Å². The molecule has 0 N–H and O–H groups in total. The largest absolute Gasteiger partial charge is 0.342 e. The zero-order valence-electron chi connectivity index (χ0n) is 21.2. The van der Waals surface area contributed by atoms with Crippen LogP contribution in [0, 0.1) is 0 Å². The van der Waals surface area contributed by atoms with E-state index in [2.05, 4.69) is 127 Å². The number of allylic oxidation sites excluding steroid dienone is 1. The standard InChI is InChI=1S/C34H32NOP/c1-27(25-30-16-10-11-24-35-30)26-31(23-22-29-15-12-14-28-13-8-9-21-34(28)29)36-37(32-17-4-2-5-18-32)33-19-6-3-7-20-33/h2-21,24,26,31H,22-23,25H2,1H3/b27-26+/t31-/m0/s1. The monoisotopic (exact) mass is 501 g/mol. The number of pyridine rings is 1. The summed E-state index contributed by atoms with van der Waals surface area (Å²) in [5, 5.41) is 5.07. The summed E-state index contributed by atoms with van der Waals surface area (Å²) in [4.78, 5) is 4.53. The van der Waals surface area contributed by atoms with Crippen molar-refractivity contribution < 1.29 is 4.52 Å². The topological polar surface area (TPSA) is 22.1 Å². The molecule has 0 saturated carbocycles. The number of hydrogen-bond donors (Lipinski definition) is 0. The third kappa shape index (κ3) is 6.80. The molecule has 1 aromatic heterocycles. The first-order valence-corrected chi connectivity index (χ1v) is 14.1. The number of benzene rings is 4. The normalized spacial score (nSPS) is 12.6. The van der Waals surface area contributed by atoms with Crippen LogP contribution >= 0.6 is 8.15 Å². The van der Waals surface area contributed by atoms with Crippen LogP contribution in [0.15, 0.2) is 139 Å². The second-order valence-corrected chi connectivity index (χ2v) is 11.1. The van der Waals surface area contributed by atoms with Crippen LogP contribution in [0.1, 0.15) is 24.6 Å². The lowest BCUT2D eigenvalue weighted by atomic mass is 9.98. The quantitative estimate of drug-likeness (QED) is 0.144. The molecule has 2 nitrogen and oxygen atoms in total. The van der Waals surface area contributed by atoms with E-state index in [9.17, 15) is 0 Å². The second-order valence-electron chi connectivity index (χ2n) is 9.30. The van der Waals surface area contributed by atoms with E-state index in [0.29, 0.717) is 0 Å². The average molecular weight is 502 g/mol. The highest BCUT2D eigenvalue weighted by Crippen LogP contribution is 2.38. The van der Waals surface area contributed by atoms with Crippen molar-refractivity contribution in [2.24, 2.45) is 0 Å². The van der Waals surface area contributed by atoms with Gasteiger partial charge in [0.2, 0.25) is 0 Å². The van der Waals surface area contributed by atoms with Crippen molar-refractivity contribution in [3.05, 3.63) is 150 Å². The van der Waals surface area contributed by atoms with Gasteiger partial charge in [0, 0.05) is 28.9 Å². The lowest BCUT2D eigenvalue weighted by Gasteiger charge is -2.24. The van der Waals surface area contributed by atoms with Gasteiger partial charge in [-0.3, -0.25) is 4.98 Å². The SMILES string of the molecule is C/C(=C\[C@H](CCc1cccc2ccccc12)OP(c1ccccc1)c1ccccc1)Cc1ccccn1. The Balaban J connectivity index is 1.44. The van der Waals surface area contributed by atoms with Gasteiger partial charge in [0.05, 0.1) is 14.3 Å². The molecule has 3 heteroatoms. The Bertz CT molecular complexity index is 1390. The molecule has 0 spiro atoms. The van der Waals surface area contributed by atoms with Gasteiger partial charge in [-0.15, -0.1) is 0 Å². The number of nitrogens with zero attached hydrogens (tertiary/aromatic N) is 1. The highest BCUT2D eigenvalue weighted by Gasteiger charge is 2.20. The average Bonchev–Trinajstić information content (AvgIpc) is 2.96. The van der Waals surface area contributed by atoms with E-state index in [1.807, 2.05) is 18.3 Å². The smallest absolute Gasteiger partial charge is 0.0926 e. The van der Waals surface area contributed by atoms with Gasteiger partial charge in [-0.1, -0.05) is 121 Å². The maximum atomic E-state index is 7.03. The minimum Gasteiger partial charge on any atom is -0.342 e. The van der Waals surface area contributed by atoms with Gasteiger partial charge in [-0.2, -0.15) is 0 Å². The van der Waals surface area contributed by atoms with Gasteiger partial charge in [0.25, 0.3) is 0 Å². The molecule has 184 valence electrons. The van der Waals surface area contributed by atoms with E-state index in [1.165, 1.54) is 32.5 Å². The molecule has 0 saturated heterocycles. The molecule has 5 rings (SSSR count). The minimum atomic E-state index is -0.955. The highest BCUT2D eigenvalue weighted by atomic mass is 31.1. The van der Waals surface area contributed by atoms with E-state index >= 15 is 0 Å². The van der Waals surface area contributed by atoms with E-state index in [-0.39, 0.29) is 6.10 Å². The summed E-state index contributed by atoms with van der Waals surface area (Å²) in [6.45, 7) is 2.19. The predicted molar refractivity (Wildman–Crippen MR) is 158 cm³/mol. The molecule has 0 aliphatic carbocycles. The van der Waals surface area contributed by atoms with E-state index < -0.39 is 8.15 Å². The first-order valence-electron chi connectivity index (χ1n) is 12.9. The van der Waals surface area contributed by atoms with Crippen LogP contribution in [0.3, 0.4) is 0 Å². The Morgan fingerprint density at radius 1 is 0.757 bits per heavy atom. The summed E-state index contributed by atoms with van der Waals surface area (Å²) >= 11 is 0. The first-order chi connectivity index (χ1) is 18.3. The first kappa shape index (κ1) is 25.1. The van der Waals surface area contributed by atoms with Crippen LogP contribution in [0.25, 0.3) is 10.8 Å². The second kappa shape index (κ2) is 12.6. The van der Waals surface area contributed by atoms with Crippen LogP contribution in [-0.4, -0.2) is 11.1 Å². The van der Waals surface area contributed by atoms with E-state index in [1.54, 1.807) is 0 Å². The summed E-state index contributed by atoms with van der Waals surface area (Å²) in [6.07, 6.45) is 6.85. The number of aryl methyl sites for hydroxylation is 1. The molecule has 0 unspecified atom stereocenters. The molecule has 37 heavy (non-hydrogen) atoms. The van der Waals surface area contributed by atoms with Gasteiger partial charge in [-0.05, 0) is 48.2 Å². The summed E-state index contributed by atoms with van der Waals surface area (Å²) < 4.78 is 7.03. The maximum absolute atomic E-state index is 7.03. The van der Waals surface area contributed by atoms with Gasteiger partial charge in [0.1, 0.15) is 0 Å². The zero-order chi connectivity index (χ0) is 25.3. The fourth-order valence-corrected chi connectivity index (χ4v) is 6.54.